The molecule has 0 aliphatic carbocycles. The fraction of sp³-hybridized carbons (Fsp3) is 0.744. The molecule has 11 heteroatoms. The van der Waals surface area contributed by atoms with Gasteiger partial charge in [0.1, 0.15) is 6.04 Å². The number of carbonyl (C=O) groups is 4. The number of methoxy groups -OCH3 is 2. The third-order valence-electron chi connectivity index (χ3n) is 10.6. The first-order chi connectivity index (χ1) is 23.7. The molecule has 1 unspecified atom stereocenters. The van der Waals surface area contributed by atoms with Gasteiger partial charge in [0.25, 0.3) is 0 Å². The molecule has 8 atom stereocenters. The maximum absolute atomic E-state index is 14.2. The average Bonchev–Trinajstić information content (AvgIpc) is 3.10. The van der Waals surface area contributed by atoms with E-state index < -0.39 is 36.3 Å². The van der Waals surface area contributed by atoms with Crippen molar-refractivity contribution in [2.75, 3.05) is 41.4 Å². The lowest BCUT2D eigenvalue weighted by molar-refractivity contribution is -0.150. The Labute approximate surface area is 302 Å². The summed E-state index contributed by atoms with van der Waals surface area (Å²) in [5.74, 6) is -1.18. The third kappa shape index (κ3) is 11.8. The Morgan fingerprint density at radius 2 is 1.56 bits per heavy atom. The van der Waals surface area contributed by atoms with Gasteiger partial charge in [0.15, 0.2) is 0 Å². The normalized spacial score (nSPS) is 19.2. The Morgan fingerprint density at radius 3 is 2.10 bits per heavy atom. The highest BCUT2D eigenvalue weighted by molar-refractivity contribution is 5.90. The van der Waals surface area contributed by atoms with Gasteiger partial charge in [-0.15, -0.1) is 0 Å². The molecule has 1 aromatic rings. The van der Waals surface area contributed by atoms with Gasteiger partial charge in [0.2, 0.25) is 23.6 Å². The molecule has 1 heterocycles. The summed E-state index contributed by atoms with van der Waals surface area (Å²) < 4.78 is 12.0. The fourth-order valence-electron chi connectivity index (χ4n) is 7.35. The SMILES string of the molecule is CCC(C)[C@@H]([C@@H](CC(=O)N1CCCC[C@H]1[C@H](OC)[C@@H](C)C(=O)NCCc1ccccc1)OC)N(C)C(=O)[C@@H](NC(=O)[C@@H](NC)C(C)C)C(C)C. The van der Waals surface area contributed by atoms with Gasteiger partial charge < -0.3 is 35.2 Å². The van der Waals surface area contributed by atoms with Crippen LogP contribution in [0.5, 0.6) is 0 Å². The minimum Gasteiger partial charge on any atom is -0.379 e. The van der Waals surface area contributed by atoms with Crippen LogP contribution in [0, 0.1) is 23.7 Å². The third-order valence-corrected chi connectivity index (χ3v) is 10.6. The topological polar surface area (TPSA) is 129 Å². The zero-order valence-corrected chi connectivity index (χ0v) is 32.7. The van der Waals surface area contributed by atoms with Crippen molar-refractivity contribution >= 4 is 23.6 Å². The van der Waals surface area contributed by atoms with Gasteiger partial charge in [-0.2, -0.15) is 0 Å². The summed E-state index contributed by atoms with van der Waals surface area (Å²) in [6.07, 6.45) is 3.03. The number of nitrogens with zero attached hydrogens (tertiary/aromatic N) is 2. The molecule has 11 nitrogen and oxygen atoms in total. The van der Waals surface area contributed by atoms with E-state index in [9.17, 15) is 19.2 Å². The number of hydrogen-bond donors (Lipinski definition) is 3. The van der Waals surface area contributed by atoms with Gasteiger partial charge in [-0.1, -0.05) is 85.2 Å². The molecule has 1 aliphatic heterocycles. The fourth-order valence-corrected chi connectivity index (χ4v) is 7.35. The number of amides is 4. The second-order valence-corrected chi connectivity index (χ2v) is 14.7. The summed E-state index contributed by atoms with van der Waals surface area (Å²) in [5, 5.41) is 9.12. The van der Waals surface area contributed by atoms with Gasteiger partial charge in [0.05, 0.1) is 42.7 Å². The van der Waals surface area contributed by atoms with Crippen molar-refractivity contribution in [3.05, 3.63) is 35.9 Å². The summed E-state index contributed by atoms with van der Waals surface area (Å²) in [4.78, 5) is 58.4. The number of hydrogen-bond acceptors (Lipinski definition) is 7. The lowest BCUT2D eigenvalue weighted by Crippen LogP contribution is -2.60. The first-order valence-corrected chi connectivity index (χ1v) is 18.6. The van der Waals surface area contributed by atoms with Crippen molar-refractivity contribution in [3.63, 3.8) is 0 Å². The molecule has 0 aromatic heterocycles. The molecule has 284 valence electrons. The Bertz CT molecular complexity index is 1200. The quantitative estimate of drug-likeness (QED) is 0.187. The molecule has 0 saturated carbocycles. The van der Waals surface area contributed by atoms with Gasteiger partial charge in [-0.3, -0.25) is 19.2 Å². The summed E-state index contributed by atoms with van der Waals surface area (Å²) in [6.45, 7) is 14.8. The van der Waals surface area contributed by atoms with Crippen LogP contribution >= 0.6 is 0 Å². The van der Waals surface area contributed by atoms with Gasteiger partial charge in [0, 0.05) is 34.4 Å². The van der Waals surface area contributed by atoms with Crippen LogP contribution in [-0.2, 0) is 35.1 Å². The number of nitrogens with one attached hydrogen (secondary N) is 3. The Hall–Kier alpha value is -3.02. The minimum absolute atomic E-state index is 0.00872. The lowest BCUT2D eigenvalue weighted by Gasteiger charge is -2.43. The van der Waals surface area contributed by atoms with Crippen LogP contribution in [0.3, 0.4) is 0 Å². The zero-order valence-electron chi connectivity index (χ0n) is 32.7. The van der Waals surface area contributed by atoms with E-state index in [0.717, 1.165) is 37.7 Å². The molecular formula is C39H67N5O6. The molecule has 2 rings (SSSR count). The number of benzene rings is 1. The molecule has 0 bridgehead atoms. The number of likely N-dealkylation sites (tertiary alicyclic amines) is 1. The molecule has 0 spiro atoms. The van der Waals surface area contributed by atoms with Crippen LogP contribution in [-0.4, -0.2) is 111 Å². The van der Waals surface area contributed by atoms with Crippen LogP contribution in [0.15, 0.2) is 30.3 Å². The van der Waals surface area contributed by atoms with Crippen LogP contribution in [0.25, 0.3) is 0 Å². The van der Waals surface area contributed by atoms with Crippen molar-refractivity contribution < 1.29 is 28.7 Å². The van der Waals surface area contributed by atoms with Crippen LogP contribution < -0.4 is 16.0 Å². The molecule has 1 saturated heterocycles. The highest BCUT2D eigenvalue weighted by atomic mass is 16.5. The summed E-state index contributed by atoms with van der Waals surface area (Å²) in [6, 6.07) is 8.18. The van der Waals surface area contributed by atoms with Crippen molar-refractivity contribution in [1.82, 2.24) is 25.8 Å². The lowest BCUT2D eigenvalue weighted by atomic mass is 9.87. The summed E-state index contributed by atoms with van der Waals surface area (Å²) in [7, 11) is 6.68. The van der Waals surface area contributed by atoms with Crippen molar-refractivity contribution in [1.29, 1.82) is 0 Å². The van der Waals surface area contributed by atoms with E-state index in [1.54, 1.807) is 33.2 Å². The van der Waals surface area contributed by atoms with E-state index in [2.05, 4.69) is 29.8 Å². The van der Waals surface area contributed by atoms with E-state index in [0.29, 0.717) is 13.1 Å². The highest BCUT2D eigenvalue weighted by Crippen LogP contribution is 2.29. The largest absolute Gasteiger partial charge is 0.379 e. The standard InChI is InChI=1S/C39H67N5O6/c1-12-27(6)35(43(9)39(48)34(26(4)5)42-38(47)33(40-8)25(2)3)31(49-10)24-32(45)44-23-17-16-20-30(44)36(50-11)28(7)37(46)41-22-21-29-18-14-13-15-19-29/h13-15,18-19,25-28,30-31,33-36,40H,12,16-17,20-24H2,1-11H3,(H,41,46)(H,42,47)/t27?,28-,30+,31-,33+,34+,35+,36-/m1/s1. The molecule has 50 heavy (non-hydrogen) atoms. The van der Waals surface area contributed by atoms with Gasteiger partial charge in [-0.05, 0) is 56.0 Å². The predicted molar refractivity (Wildman–Crippen MR) is 198 cm³/mol. The predicted octanol–water partition coefficient (Wildman–Crippen LogP) is 4.04. The minimum atomic E-state index is -0.740. The van der Waals surface area contributed by atoms with Crippen molar-refractivity contribution in [3.8, 4) is 0 Å². The zero-order chi connectivity index (χ0) is 37.5. The first kappa shape index (κ1) is 43.1. The summed E-state index contributed by atoms with van der Waals surface area (Å²) >= 11 is 0. The van der Waals surface area contributed by atoms with Crippen molar-refractivity contribution in [2.45, 2.75) is 123 Å². The van der Waals surface area contributed by atoms with Crippen LogP contribution in [0.4, 0.5) is 0 Å². The van der Waals surface area contributed by atoms with E-state index in [4.69, 9.17) is 9.47 Å². The van der Waals surface area contributed by atoms with E-state index in [-0.39, 0.29) is 53.8 Å². The Kier molecular flexibility index (Phi) is 18.4. The van der Waals surface area contributed by atoms with E-state index in [1.165, 1.54) is 0 Å². The second kappa shape index (κ2) is 21.4. The monoisotopic (exact) mass is 702 g/mol. The number of rotatable bonds is 20. The molecule has 3 N–H and O–H groups in total. The Balaban J connectivity index is 2.24. The molecule has 4 amide bonds. The summed E-state index contributed by atoms with van der Waals surface area (Å²) in [5.41, 5.74) is 1.15. The smallest absolute Gasteiger partial charge is 0.245 e. The van der Waals surface area contributed by atoms with Crippen molar-refractivity contribution in [2.24, 2.45) is 23.7 Å². The molecular weight excluding hydrogens is 634 g/mol. The number of piperidine rings is 1. The maximum Gasteiger partial charge on any atom is 0.245 e. The van der Waals surface area contributed by atoms with Crippen LogP contribution in [0.2, 0.25) is 0 Å². The highest BCUT2D eigenvalue weighted by Gasteiger charge is 2.42. The van der Waals surface area contributed by atoms with Gasteiger partial charge in [-0.25, -0.2) is 0 Å². The van der Waals surface area contributed by atoms with Gasteiger partial charge >= 0.3 is 0 Å². The van der Waals surface area contributed by atoms with E-state index in [1.807, 2.05) is 69.9 Å². The number of carbonyl (C=O) groups excluding carboxylic acids is 4. The molecule has 1 aromatic carbocycles. The number of likely N-dealkylation sites (N-methyl/N-ethyl adjacent to an activating group) is 2. The first-order valence-electron chi connectivity index (χ1n) is 18.6. The molecule has 1 aliphatic rings. The average molecular weight is 702 g/mol. The molecule has 0 radical (unpaired) electrons. The molecule has 1 fully saturated rings. The number of ether oxygens (including phenoxy) is 2. The Morgan fingerprint density at radius 1 is 0.920 bits per heavy atom. The van der Waals surface area contributed by atoms with E-state index >= 15 is 0 Å². The van der Waals surface area contributed by atoms with Crippen LogP contribution in [0.1, 0.15) is 86.1 Å². The second-order valence-electron chi connectivity index (χ2n) is 14.7. The maximum atomic E-state index is 14.2.